The number of nitrogens with one attached hydrogen (secondary N) is 2. The van der Waals surface area contributed by atoms with Gasteiger partial charge in [0.25, 0.3) is 0 Å². The molecule has 0 heterocycles. The van der Waals surface area contributed by atoms with Crippen molar-refractivity contribution in [2.45, 2.75) is 19.9 Å². The highest BCUT2D eigenvalue weighted by Crippen LogP contribution is 2.20. The van der Waals surface area contributed by atoms with E-state index in [2.05, 4.69) is 22.5 Å². The van der Waals surface area contributed by atoms with Crippen LogP contribution in [0.4, 0.5) is 0 Å². The van der Waals surface area contributed by atoms with Crippen molar-refractivity contribution in [2.24, 2.45) is 4.99 Å². The van der Waals surface area contributed by atoms with Gasteiger partial charge < -0.3 is 20.1 Å². The number of rotatable bonds is 6. The first-order valence-corrected chi connectivity index (χ1v) is 6.86. The molecule has 124 valence electrons. The molecule has 0 aromatic heterocycles. The summed E-state index contributed by atoms with van der Waals surface area (Å²) in [5, 5.41) is 6.37. The molecule has 1 aromatic rings. The maximum Gasteiger partial charge on any atom is 0.341 e. The Morgan fingerprint density at radius 2 is 2.00 bits per heavy atom. The summed E-state index contributed by atoms with van der Waals surface area (Å²) in [6.07, 6.45) is 1.02. The summed E-state index contributed by atoms with van der Waals surface area (Å²) in [6, 6.07) is 5.40. The Hall–Kier alpha value is -1.51. The first-order valence-electron chi connectivity index (χ1n) is 6.86. The van der Waals surface area contributed by atoms with Gasteiger partial charge in [-0.05, 0) is 24.1 Å². The predicted molar refractivity (Wildman–Crippen MR) is 98.2 cm³/mol. The molecule has 2 N–H and O–H groups in total. The normalized spacial score (nSPS) is 10.5. The smallest absolute Gasteiger partial charge is 0.341 e. The van der Waals surface area contributed by atoms with Crippen LogP contribution in [0.2, 0.25) is 0 Å². The maximum atomic E-state index is 11.7. The van der Waals surface area contributed by atoms with Crippen LogP contribution < -0.4 is 15.4 Å². The second-order valence-corrected chi connectivity index (χ2v) is 4.38. The summed E-state index contributed by atoms with van der Waals surface area (Å²) in [7, 11) is 4.60. The van der Waals surface area contributed by atoms with Crippen LogP contribution in [-0.4, -0.2) is 39.7 Å². The summed E-state index contributed by atoms with van der Waals surface area (Å²) in [5.41, 5.74) is 1.35. The van der Waals surface area contributed by atoms with Crippen LogP contribution >= 0.6 is 24.0 Å². The number of guanidine groups is 1. The minimum atomic E-state index is -0.415. The van der Waals surface area contributed by atoms with Gasteiger partial charge in [0, 0.05) is 20.1 Å². The summed E-state index contributed by atoms with van der Waals surface area (Å²) in [4.78, 5) is 15.8. The van der Waals surface area contributed by atoms with E-state index in [1.165, 1.54) is 14.2 Å². The lowest BCUT2D eigenvalue weighted by Gasteiger charge is -2.13. The molecule has 6 nitrogen and oxygen atoms in total. The fourth-order valence-electron chi connectivity index (χ4n) is 1.78. The van der Waals surface area contributed by atoms with Crippen LogP contribution in [-0.2, 0) is 11.3 Å². The van der Waals surface area contributed by atoms with Gasteiger partial charge in [-0.3, -0.25) is 4.99 Å². The molecular weight excluding hydrogens is 397 g/mol. The highest BCUT2D eigenvalue weighted by Gasteiger charge is 2.13. The molecule has 0 aliphatic rings. The molecular formula is C15H24IN3O3. The van der Waals surface area contributed by atoms with E-state index in [9.17, 15) is 4.79 Å². The third-order valence-electron chi connectivity index (χ3n) is 2.90. The first-order chi connectivity index (χ1) is 10.2. The Bertz CT molecular complexity index is 507. The molecule has 22 heavy (non-hydrogen) atoms. The molecule has 0 saturated heterocycles. The minimum Gasteiger partial charge on any atom is -0.496 e. The topological polar surface area (TPSA) is 72.0 Å². The largest absolute Gasteiger partial charge is 0.496 e. The van der Waals surface area contributed by atoms with Crippen molar-refractivity contribution >= 4 is 35.9 Å². The number of nitrogens with zero attached hydrogens (tertiary/aromatic N) is 1. The van der Waals surface area contributed by atoms with E-state index in [-0.39, 0.29) is 24.0 Å². The summed E-state index contributed by atoms with van der Waals surface area (Å²) in [5.74, 6) is 0.813. The zero-order chi connectivity index (χ0) is 15.7. The van der Waals surface area contributed by atoms with Gasteiger partial charge in [-0.2, -0.15) is 0 Å². The van der Waals surface area contributed by atoms with Gasteiger partial charge in [-0.25, -0.2) is 4.79 Å². The van der Waals surface area contributed by atoms with Gasteiger partial charge in [0.2, 0.25) is 0 Å². The Kier molecular flexibility index (Phi) is 10.3. The number of ether oxygens (including phenoxy) is 2. The number of benzene rings is 1. The molecule has 0 amide bonds. The molecule has 0 radical (unpaired) electrons. The number of carbonyl (C=O) groups excluding carboxylic acids is 1. The van der Waals surface area contributed by atoms with Gasteiger partial charge >= 0.3 is 5.97 Å². The molecule has 0 atom stereocenters. The molecule has 1 rings (SSSR count). The number of aliphatic imine (C=N–C) groups is 1. The number of hydrogen-bond acceptors (Lipinski definition) is 4. The van der Waals surface area contributed by atoms with Crippen molar-refractivity contribution in [3.8, 4) is 5.75 Å². The second-order valence-electron chi connectivity index (χ2n) is 4.38. The van der Waals surface area contributed by atoms with Gasteiger partial charge in [-0.1, -0.05) is 13.0 Å². The van der Waals surface area contributed by atoms with E-state index in [4.69, 9.17) is 9.47 Å². The standard InChI is InChI=1S/C15H23N3O3.HI/c1-5-8-17-15(16-2)18-10-11-6-7-13(20-3)12(9-11)14(19)21-4;/h6-7,9H,5,8,10H2,1-4H3,(H2,16,17,18);1H. The number of carbonyl (C=O) groups is 1. The zero-order valence-electron chi connectivity index (χ0n) is 13.4. The second kappa shape index (κ2) is 11.1. The van der Waals surface area contributed by atoms with E-state index in [1.807, 2.05) is 6.07 Å². The third kappa shape index (κ3) is 6.08. The highest BCUT2D eigenvalue weighted by molar-refractivity contribution is 14.0. The van der Waals surface area contributed by atoms with Crippen LogP contribution in [0, 0.1) is 0 Å². The van der Waals surface area contributed by atoms with Crippen molar-refractivity contribution in [3.63, 3.8) is 0 Å². The van der Waals surface area contributed by atoms with E-state index >= 15 is 0 Å². The van der Waals surface area contributed by atoms with Crippen LogP contribution in [0.1, 0.15) is 29.3 Å². The first kappa shape index (κ1) is 20.5. The Labute approximate surface area is 148 Å². The zero-order valence-corrected chi connectivity index (χ0v) is 15.8. The minimum absolute atomic E-state index is 0. The van der Waals surface area contributed by atoms with Crippen molar-refractivity contribution in [1.82, 2.24) is 10.6 Å². The quantitative estimate of drug-likeness (QED) is 0.319. The summed E-state index contributed by atoms with van der Waals surface area (Å²) in [6.45, 7) is 3.50. The van der Waals surface area contributed by atoms with E-state index in [1.54, 1.807) is 19.2 Å². The third-order valence-corrected chi connectivity index (χ3v) is 2.90. The number of esters is 1. The van der Waals surface area contributed by atoms with Crippen molar-refractivity contribution in [1.29, 1.82) is 0 Å². The van der Waals surface area contributed by atoms with Crippen molar-refractivity contribution < 1.29 is 14.3 Å². The molecule has 0 saturated carbocycles. The highest BCUT2D eigenvalue weighted by atomic mass is 127. The lowest BCUT2D eigenvalue weighted by atomic mass is 10.1. The molecule has 0 bridgehead atoms. The van der Waals surface area contributed by atoms with E-state index in [0.717, 1.165) is 24.5 Å². The number of halogens is 1. The maximum absolute atomic E-state index is 11.7. The van der Waals surface area contributed by atoms with Gasteiger partial charge in [0.15, 0.2) is 5.96 Å². The Morgan fingerprint density at radius 1 is 1.27 bits per heavy atom. The van der Waals surface area contributed by atoms with Crippen LogP contribution in [0.15, 0.2) is 23.2 Å². The molecule has 0 fully saturated rings. The lowest BCUT2D eigenvalue weighted by Crippen LogP contribution is -2.37. The molecule has 0 aliphatic heterocycles. The number of hydrogen-bond donors (Lipinski definition) is 2. The fraction of sp³-hybridized carbons (Fsp3) is 0.467. The SMILES string of the molecule is CCCNC(=NC)NCc1ccc(OC)c(C(=O)OC)c1.I. The lowest BCUT2D eigenvalue weighted by molar-refractivity contribution is 0.0597. The molecule has 0 aliphatic carbocycles. The predicted octanol–water partition coefficient (Wildman–Crippen LogP) is 2.17. The van der Waals surface area contributed by atoms with Gasteiger partial charge in [-0.15, -0.1) is 24.0 Å². The van der Waals surface area contributed by atoms with Crippen molar-refractivity contribution in [2.75, 3.05) is 27.8 Å². The van der Waals surface area contributed by atoms with E-state index in [0.29, 0.717) is 17.9 Å². The molecule has 1 aromatic carbocycles. The average Bonchev–Trinajstić information content (AvgIpc) is 2.54. The fourth-order valence-corrected chi connectivity index (χ4v) is 1.78. The summed E-state index contributed by atoms with van der Waals surface area (Å²) >= 11 is 0. The van der Waals surface area contributed by atoms with E-state index < -0.39 is 5.97 Å². The monoisotopic (exact) mass is 421 g/mol. The average molecular weight is 421 g/mol. The van der Waals surface area contributed by atoms with Gasteiger partial charge in [0.05, 0.1) is 14.2 Å². The molecule has 0 spiro atoms. The van der Waals surface area contributed by atoms with Crippen LogP contribution in [0.5, 0.6) is 5.75 Å². The molecule has 7 heteroatoms. The summed E-state index contributed by atoms with van der Waals surface area (Å²) < 4.78 is 9.92. The van der Waals surface area contributed by atoms with Crippen LogP contribution in [0.25, 0.3) is 0 Å². The number of methoxy groups -OCH3 is 2. The van der Waals surface area contributed by atoms with Crippen LogP contribution in [0.3, 0.4) is 0 Å². The Morgan fingerprint density at radius 3 is 2.55 bits per heavy atom. The Balaban J connectivity index is 0.00000441. The molecule has 0 unspecified atom stereocenters. The van der Waals surface area contributed by atoms with Gasteiger partial charge in [0.1, 0.15) is 11.3 Å². The van der Waals surface area contributed by atoms with Crippen molar-refractivity contribution in [3.05, 3.63) is 29.3 Å².